The molecule has 0 unspecified atom stereocenters. The van der Waals surface area contributed by atoms with Crippen molar-refractivity contribution in [3.63, 3.8) is 0 Å². The van der Waals surface area contributed by atoms with Gasteiger partial charge in [-0.1, -0.05) is 64.1 Å². The van der Waals surface area contributed by atoms with Crippen LogP contribution in [0, 0.1) is 13.8 Å². The largest absolute Gasteiger partial charge is 0.121 e. The van der Waals surface area contributed by atoms with Crippen LogP contribution in [0.15, 0.2) is 27.7 Å². The van der Waals surface area contributed by atoms with E-state index in [2.05, 4.69) is 32.0 Å². The maximum absolute atomic E-state index is 5.87. The molecule has 0 aliphatic rings. The molecule has 1 rings (SSSR count). The molecule has 0 saturated heterocycles. The van der Waals surface area contributed by atoms with Crippen LogP contribution in [0.4, 0.5) is 0 Å². The summed E-state index contributed by atoms with van der Waals surface area (Å²) in [7, 11) is 0. The molecule has 14 heavy (non-hydrogen) atoms. The molecule has 0 N–H and O–H groups in total. The molecule has 1 aromatic carbocycles. The third kappa shape index (κ3) is 3.53. The Balaban J connectivity index is 2.93. The fourth-order valence-electron chi connectivity index (χ4n) is 1.42. The second-order valence-electron chi connectivity index (χ2n) is 3.34. The van der Waals surface area contributed by atoms with Crippen LogP contribution in [-0.2, 0) is 6.42 Å². The van der Waals surface area contributed by atoms with Crippen molar-refractivity contribution in [2.75, 3.05) is 0 Å². The van der Waals surface area contributed by atoms with Crippen molar-refractivity contribution in [3.05, 3.63) is 44.4 Å². The quantitative estimate of drug-likeness (QED) is 0.711. The minimum Gasteiger partial charge on any atom is -0.0862 e. The second-order valence-corrected chi connectivity index (χ2v) is 4.74. The Morgan fingerprint density at radius 2 is 1.50 bits per heavy atom. The summed E-state index contributed by atoms with van der Waals surface area (Å²) in [5.41, 5.74) is 3.57. The molecule has 3 heteroatoms. The zero-order valence-corrected chi connectivity index (χ0v) is 10.3. The minimum atomic E-state index is 0.144. The van der Waals surface area contributed by atoms with Gasteiger partial charge in [-0.15, -0.1) is 0 Å². The molecule has 0 saturated carbocycles. The number of hydrogen-bond acceptors (Lipinski definition) is 0. The summed E-state index contributed by atoms with van der Waals surface area (Å²) in [5, 5.41) is 0.485. The molecule has 1 aromatic rings. The van der Waals surface area contributed by atoms with Gasteiger partial charge in [-0.2, -0.15) is 0 Å². The first kappa shape index (κ1) is 11.9. The number of hydrogen-bond donors (Lipinski definition) is 0. The number of allylic oxidation sites excluding steroid dienone is 1. The van der Waals surface area contributed by atoms with E-state index < -0.39 is 0 Å². The van der Waals surface area contributed by atoms with Crippen LogP contribution in [0.2, 0.25) is 0 Å². The summed E-state index contributed by atoms with van der Waals surface area (Å²) in [5.74, 6) is 0. The van der Waals surface area contributed by atoms with Crippen molar-refractivity contribution in [3.8, 4) is 0 Å². The summed E-state index contributed by atoms with van der Waals surface area (Å²) < 4.78 is 0.144. The molecule has 0 heterocycles. The van der Waals surface area contributed by atoms with E-state index in [1.54, 1.807) is 0 Å². The number of aryl methyl sites for hydroxylation is 2. The fraction of sp³-hybridized carbons (Fsp3) is 0.273. The number of benzene rings is 1. The molecule has 76 valence electrons. The van der Waals surface area contributed by atoms with Crippen LogP contribution in [0.5, 0.6) is 0 Å². The highest BCUT2D eigenvalue weighted by Gasteiger charge is 2.02. The van der Waals surface area contributed by atoms with E-state index in [4.69, 9.17) is 34.8 Å². The van der Waals surface area contributed by atoms with E-state index in [9.17, 15) is 0 Å². The maximum atomic E-state index is 5.87. The monoisotopic (exact) mass is 248 g/mol. The van der Waals surface area contributed by atoms with Crippen molar-refractivity contribution < 1.29 is 0 Å². The average Bonchev–Trinajstić information content (AvgIpc) is 2.01. The molecular formula is C11H11Cl3. The Bertz CT molecular complexity index is 343. The van der Waals surface area contributed by atoms with Gasteiger partial charge in [0.05, 0.1) is 5.03 Å². The summed E-state index contributed by atoms with van der Waals surface area (Å²) in [6, 6.07) is 6.27. The normalized spacial score (nSPS) is 10.1. The van der Waals surface area contributed by atoms with E-state index in [0.29, 0.717) is 11.5 Å². The van der Waals surface area contributed by atoms with Crippen molar-refractivity contribution in [1.82, 2.24) is 0 Å². The van der Waals surface area contributed by atoms with Crippen LogP contribution in [0.1, 0.15) is 16.7 Å². The molecule has 0 radical (unpaired) electrons. The molecular weight excluding hydrogens is 238 g/mol. The van der Waals surface area contributed by atoms with E-state index in [1.165, 1.54) is 11.1 Å². The van der Waals surface area contributed by atoms with Gasteiger partial charge in [0.2, 0.25) is 0 Å². The predicted molar refractivity (Wildman–Crippen MR) is 64.2 cm³/mol. The lowest BCUT2D eigenvalue weighted by molar-refractivity contribution is 1.20. The van der Waals surface area contributed by atoms with E-state index in [1.807, 2.05) is 0 Å². The summed E-state index contributed by atoms with van der Waals surface area (Å²) in [4.78, 5) is 0. The van der Waals surface area contributed by atoms with Crippen LogP contribution >= 0.6 is 34.8 Å². The lowest BCUT2D eigenvalue weighted by Crippen LogP contribution is -1.88. The third-order valence-electron chi connectivity index (χ3n) is 1.85. The Morgan fingerprint density at radius 1 is 1.00 bits per heavy atom. The van der Waals surface area contributed by atoms with E-state index in [0.717, 1.165) is 5.56 Å². The SMILES string of the molecule is Cc1cc(C)cc(CC(Cl)=C(Cl)Cl)c1. The average molecular weight is 250 g/mol. The zero-order chi connectivity index (χ0) is 10.7. The maximum Gasteiger partial charge on any atom is 0.121 e. The highest BCUT2D eigenvalue weighted by Crippen LogP contribution is 2.22. The molecule has 0 aromatic heterocycles. The van der Waals surface area contributed by atoms with Gasteiger partial charge in [-0.3, -0.25) is 0 Å². The summed E-state index contributed by atoms with van der Waals surface area (Å²) in [6.07, 6.45) is 0.590. The van der Waals surface area contributed by atoms with Gasteiger partial charge in [0, 0.05) is 6.42 Å². The smallest absolute Gasteiger partial charge is 0.0862 e. The van der Waals surface area contributed by atoms with Crippen LogP contribution in [0.3, 0.4) is 0 Å². The summed E-state index contributed by atoms with van der Waals surface area (Å²) >= 11 is 17.0. The topological polar surface area (TPSA) is 0 Å². The first-order valence-electron chi connectivity index (χ1n) is 4.26. The number of halogens is 3. The molecule has 0 bridgehead atoms. The first-order valence-corrected chi connectivity index (χ1v) is 5.39. The molecule has 0 fully saturated rings. The van der Waals surface area contributed by atoms with Gasteiger partial charge in [0.1, 0.15) is 4.49 Å². The van der Waals surface area contributed by atoms with Crippen molar-refractivity contribution in [1.29, 1.82) is 0 Å². The molecule has 0 spiro atoms. The van der Waals surface area contributed by atoms with Gasteiger partial charge in [-0.25, -0.2) is 0 Å². The number of rotatable bonds is 2. The van der Waals surface area contributed by atoms with Crippen LogP contribution < -0.4 is 0 Å². The van der Waals surface area contributed by atoms with E-state index >= 15 is 0 Å². The van der Waals surface area contributed by atoms with E-state index in [-0.39, 0.29) is 4.49 Å². The molecule has 0 nitrogen and oxygen atoms in total. The van der Waals surface area contributed by atoms with Gasteiger partial charge in [0.15, 0.2) is 0 Å². The highest BCUT2D eigenvalue weighted by molar-refractivity contribution is 6.59. The Morgan fingerprint density at radius 3 is 1.93 bits per heavy atom. The lowest BCUT2D eigenvalue weighted by atomic mass is 10.1. The summed E-state index contributed by atoms with van der Waals surface area (Å²) in [6.45, 7) is 4.10. The highest BCUT2D eigenvalue weighted by atomic mass is 35.5. The van der Waals surface area contributed by atoms with Gasteiger partial charge >= 0.3 is 0 Å². The molecule has 0 atom stereocenters. The molecule has 0 aliphatic heterocycles. The van der Waals surface area contributed by atoms with Gasteiger partial charge in [-0.05, 0) is 19.4 Å². The Hall–Kier alpha value is -0.170. The zero-order valence-electron chi connectivity index (χ0n) is 8.07. The van der Waals surface area contributed by atoms with Crippen molar-refractivity contribution in [2.24, 2.45) is 0 Å². The first-order chi connectivity index (χ1) is 6.49. The van der Waals surface area contributed by atoms with Crippen molar-refractivity contribution in [2.45, 2.75) is 20.3 Å². The standard InChI is InChI=1S/C11H11Cl3/c1-7-3-8(2)5-9(4-7)6-10(12)11(13)14/h3-5H,6H2,1-2H3. The Kier molecular flexibility index (Phi) is 4.31. The van der Waals surface area contributed by atoms with Crippen LogP contribution in [0.25, 0.3) is 0 Å². The van der Waals surface area contributed by atoms with Crippen molar-refractivity contribution >= 4 is 34.8 Å². The minimum absolute atomic E-state index is 0.144. The second kappa shape index (κ2) is 5.06. The van der Waals surface area contributed by atoms with Crippen LogP contribution in [-0.4, -0.2) is 0 Å². The lowest BCUT2D eigenvalue weighted by Gasteiger charge is -2.04. The molecule has 0 amide bonds. The predicted octanol–water partition coefficient (Wildman–Crippen LogP) is 4.73. The third-order valence-corrected chi connectivity index (χ3v) is 2.82. The molecule has 0 aliphatic carbocycles. The fourth-order valence-corrected chi connectivity index (χ4v) is 1.71. The van der Waals surface area contributed by atoms with Gasteiger partial charge < -0.3 is 0 Å². The van der Waals surface area contributed by atoms with Gasteiger partial charge in [0.25, 0.3) is 0 Å². The Labute approximate surface area is 99.5 Å².